The fourth-order valence-electron chi connectivity index (χ4n) is 3.33. The number of hydrogen-bond acceptors (Lipinski definition) is 4. The third kappa shape index (κ3) is 5.91. The number of benzene rings is 1. The van der Waals surface area contributed by atoms with E-state index in [2.05, 4.69) is 27.3 Å². The molecule has 25 heavy (non-hydrogen) atoms. The number of ether oxygens (including phenoxy) is 2. The van der Waals surface area contributed by atoms with E-state index in [1.165, 1.54) is 5.69 Å². The highest BCUT2D eigenvalue weighted by atomic mass is 127. The zero-order valence-electron chi connectivity index (χ0n) is 14.8. The van der Waals surface area contributed by atoms with Crippen molar-refractivity contribution >= 4 is 35.6 Å². The summed E-state index contributed by atoms with van der Waals surface area (Å²) < 4.78 is 10.9. The van der Waals surface area contributed by atoms with Crippen LogP contribution in [-0.2, 0) is 4.74 Å². The summed E-state index contributed by atoms with van der Waals surface area (Å²) >= 11 is 0. The first-order valence-electron chi connectivity index (χ1n) is 8.79. The van der Waals surface area contributed by atoms with E-state index in [4.69, 9.17) is 15.2 Å². The number of rotatable bonds is 6. The van der Waals surface area contributed by atoms with Gasteiger partial charge in [-0.15, -0.1) is 24.0 Å². The lowest BCUT2D eigenvalue weighted by Crippen LogP contribution is -2.37. The van der Waals surface area contributed by atoms with Crippen molar-refractivity contribution in [3.8, 4) is 5.75 Å². The molecule has 3 rings (SSSR count). The lowest BCUT2D eigenvalue weighted by Gasteiger charge is -2.19. The number of anilines is 1. The van der Waals surface area contributed by atoms with Crippen LogP contribution in [0.25, 0.3) is 0 Å². The molecule has 2 heterocycles. The normalized spacial score (nSPS) is 23.4. The van der Waals surface area contributed by atoms with Gasteiger partial charge >= 0.3 is 0 Å². The van der Waals surface area contributed by atoms with E-state index in [-0.39, 0.29) is 30.1 Å². The Morgan fingerprint density at radius 3 is 3.08 bits per heavy atom. The van der Waals surface area contributed by atoms with Crippen LogP contribution in [0.2, 0.25) is 0 Å². The van der Waals surface area contributed by atoms with Crippen molar-refractivity contribution in [3.63, 3.8) is 0 Å². The van der Waals surface area contributed by atoms with Crippen LogP contribution in [0.5, 0.6) is 5.75 Å². The number of hydrogen-bond donors (Lipinski definition) is 2. The van der Waals surface area contributed by atoms with Crippen LogP contribution < -0.4 is 20.7 Å². The summed E-state index contributed by atoms with van der Waals surface area (Å²) in [6.45, 7) is 4.46. The first-order chi connectivity index (χ1) is 11.7. The first-order valence-corrected chi connectivity index (χ1v) is 8.79. The summed E-state index contributed by atoms with van der Waals surface area (Å²) in [6.07, 6.45) is 3.68. The second-order valence-electron chi connectivity index (χ2n) is 6.54. The summed E-state index contributed by atoms with van der Waals surface area (Å²) in [6, 6.07) is 8.23. The van der Waals surface area contributed by atoms with Gasteiger partial charge in [0.2, 0.25) is 0 Å². The van der Waals surface area contributed by atoms with Gasteiger partial charge in [0, 0.05) is 44.5 Å². The standard InChI is InChI=1S/C18H28N4O2.HI/c1-23-16-5-2-4-15(10-16)22-8-7-14(13-22)11-20-18(19)21-12-17-6-3-9-24-17;/h2,4-5,10,14,17H,3,6-9,11-13H2,1H3,(H3,19,20,21);1H. The summed E-state index contributed by atoms with van der Waals surface area (Å²) in [4.78, 5) is 6.89. The molecule has 2 fully saturated rings. The molecule has 0 radical (unpaired) electrons. The minimum atomic E-state index is 0. The topological polar surface area (TPSA) is 72.1 Å². The van der Waals surface area contributed by atoms with E-state index in [0.29, 0.717) is 11.9 Å². The van der Waals surface area contributed by atoms with Crippen molar-refractivity contribution in [1.29, 1.82) is 0 Å². The number of nitrogens with two attached hydrogens (primary N) is 1. The summed E-state index contributed by atoms with van der Waals surface area (Å²) in [5.41, 5.74) is 7.18. The fourth-order valence-corrected chi connectivity index (χ4v) is 3.33. The monoisotopic (exact) mass is 460 g/mol. The second-order valence-corrected chi connectivity index (χ2v) is 6.54. The summed E-state index contributed by atoms with van der Waals surface area (Å²) in [5.74, 6) is 1.97. The zero-order chi connectivity index (χ0) is 16.8. The Morgan fingerprint density at radius 2 is 2.32 bits per heavy atom. The molecule has 6 nitrogen and oxygen atoms in total. The molecule has 2 saturated heterocycles. The number of nitrogens with one attached hydrogen (secondary N) is 1. The van der Waals surface area contributed by atoms with Crippen LogP contribution in [0.4, 0.5) is 5.69 Å². The molecule has 0 aliphatic carbocycles. The molecule has 2 aliphatic heterocycles. The van der Waals surface area contributed by atoms with Gasteiger partial charge in [-0.25, -0.2) is 0 Å². The molecule has 0 aromatic heterocycles. The van der Waals surface area contributed by atoms with Gasteiger partial charge in [-0.2, -0.15) is 0 Å². The smallest absolute Gasteiger partial charge is 0.188 e. The van der Waals surface area contributed by atoms with Crippen LogP contribution >= 0.6 is 24.0 Å². The van der Waals surface area contributed by atoms with Crippen molar-refractivity contribution in [2.45, 2.75) is 25.4 Å². The predicted molar refractivity (Wildman–Crippen MR) is 112 cm³/mol. The van der Waals surface area contributed by atoms with Crippen molar-refractivity contribution in [2.24, 2.45) is 16.6 Å². The third-order valence-corrected chi connectivity index (χ3v) is 4.76. The van der Waals surface area contributed by atoms with E-state index >= 15 is 0 Å². The zero-order valence-corrected chi connectivity index (χ0v) is 17.1. The van der Waals surface area contributed by atoms with Crippen molar-refractivity contribution in [3.05, 3.63) is 24.3 Å². The Kier molecular flexibility index (Phi) is 8.08. The maximum atomic E-state index is 5.97. The molecular formula is C18H29IN4O2. The van der Waals surface area contributed by atoms with Gasteiger partial charge in [-0.3, -0.25) is 4.99 Å². The van der Waals surface area contributed by atoms with E-state index < -0.39 is 0 Å². The van der Waals surface area contributed by atoms with E-state index in [9.17, 15) is 0 Å². The Labute approximate surface area is 167 Å². The Balaban J connectivity index is 0.00000225. The maximum Gasteiger partial charge on any atom is 0.188 e. The molecule has 3 N–H and O–H groups in total. The van der Waals surface area contributed by atoms with Gasteiger partial charge < -0.3 is 25.4 Å². The predicted octanol–water partition coefficient (Wildman–Crippen LogP) is 2.22. The molecule has 7 heteroatoms. The fraction of sp³-hybridized carbons (Fsp3) is 0.611. The number of aliphatic imine (C=N–C) groups is 1. The van der Waals surface area contributed by atoms with Gasteiger partial charge in [0.05, 0.1) is 13.2 Å². The number of methoxy groups -OCH3 is 1. The van der Waals surface area contributed by atoms with Crippen molar-refractivity contribution in [2.75, 3.05) is 44.8 Å². The van der Waals surface area contributed by atoms with Gasteiger partial charge in [-0.1, -0.05) is 6.07 Å². The molecule has 2 atom stereocenters. The SMILES string of the molecule is COc1cccc(N2CCC(CN=C(N)NCC3CCCO3)C2)c1.I. The summed E-state index contributed by atoms with van der Waals surface area (Å²) in [7, 11) is 1.70. The van der Waals surface area contributed by atoms with E-state index in [1.807, 2.05) is 12.1 Å². The van der Waals surface area contributed by atoms with E-state index in [0.717, 1.165) is 57.8 Å². The van der Waals surface area contributed by atoms with Crippen LogP contribution in [0.15, 0.2) is 29.3 Å². The van der Waals surface area contributed by atoms with Crippen LogP contribution in [0.1, 0.15) is 19.3 Å². The van der Waals surface area contributed by atoms with Crippen molar-refractivity contribution in [1.82, 2.24) is 5.32 Å². The highest BCUT2D eigenvalue weighted by Crippen LogP contribution is 2.26. The van der Waals surface area contributed by atoms with E-state index in [1.54, 1.807) is 7.11 Å². The molecule has 2 aliphatic rings. The molecule has 1 aromatic rings. The van der Waals surface area contributed by atoms with Gasteiger partial charge in [-0.05, 0) is 37.3 Å². The highest BCUT2D eigenvalue weighted by Gasteiger charge is 2.23. The second kappa shape index (κ2) is 10.1. The van der Waals surface area contributed by atoms with Crippen LogP contribution in [0, 0.1) is 5.92 Å². The number of guanidine groups is 1. The minimum absolute atomic E-state index is 0. The Bertz CT molecular complexity index is 564. The van der Waals surface area contributed by atoms with Gasteiger partial charge in [0.15, 0.2) is 5.96 Å². The van der Waals surface area contributed by atoms with Gasteiger partial charge in [0.25, 0.3) is 0 Å². The average molecular weight is 460 g/mol. The third-order valence-electron chi connectivity index (χ3n) is 4.76. The molecule has 2 unspecified atom stereocenters. The largest absolute Gasteiger partial charge is 0.497 e. The van der Waals surface area contributed by atoms with Crippen LogP contribution in [0.3, 0.4) is 0 Å². The molecule has 0 spiro atoms. The molecule has 0 saturated carbocycles. The quantitative estimate of drug-likeness (QED) is 0.387. The van der Waals surface area contributed by atoms with Crippen molar-refractivity contribution < 1.29 is 9.47 Å². The molecule has 0 amide bonds. The molecular weight excluding hydrogens is 431 g/mol. The molecule has 1 aromatic carbocycles. The Hall–Kier alpha value is -1.22. The van der Waals surface area contributed by atoms with Crippen LogP contribution in [-0.4, -0.2) is 52.0 Å². The minimum Gasteiger partial charge on any atom is -0.497 e. The summed E-state index contributed by atoms with van der Waals surface area (Å²) in [5, 5.41) is 3.18. The lowest BCUT2D eigenvalue weighted by atomic mass is 10.1. The average Bonchev–Trinajstić information content (AvgIpc) is 3.30. The van der Waals surface area contributed by atoms with Gasteiger partial charge in [0.1, 0.15) is 5.75 Å². The first kappa shape index (κ1) is 20.1. The number of halogens is 1. The lowest BCUT2D eigenvalue weighted by molar-refractivity contribution is 0.114. The molecule has 140 valence electrons. The molecule has 0 bridgehead atoms. The Morgan fingerprint density at radius 1 is 1.44 bits per heavy atom. The number of nitrogens with zero attached hydrogens (tertiary/aromatic N) is 2. The highest BCUT2D eigenvalue weighted by molar-refractivity contribution is 14.0. The maximum absolute atomic E-state index is 5.97.